The summed E-state index contributed by atoms with van der Waals surface area (Å²) in [7, 11) is 1.67. The third kappa shape index (κ3) is 5.77. The number of halogens is 1. The van der Waals surface area contributed by atoms with E-state index in [4.69, 9.17) is 4.74 Å². The zero-order chi connectivity index (χ0) is 31.8. The minimum atomic E-state index is -0.252. The maximum atomic E-state index is 13.9. The van der Waals surface area contributed by atoms with E-state index in [1.165, 1.54) is 0 Å². The molecule has 9 nitrogen and oxygen atoms in total. The van der Waals surface area contributed by atoms with Crippen molar-refractivity contribution in [2.24, 2.45) is 5.92 Å². The van der Waals surface area contributed by atoms with Gasteiger partial charge in [-0.15, -0.1) is 0 Å². The van der Waals surface area contributed by atoms with Gasteiger partial charge in [0, 0.05) is 73.5 Å². The second-order valence-electron chi connectivity index (χ2n) is 12.2. The van der Waals surface area contributed by atoms with Crippen LogP contribution in [0.4, 0.5) is 17.1 Å². The van der Waals surface area contributed by atoms with Crippen LogP contribution in [0.3, 0.4) is 0 Å². The fraction of sp³-hybridized carbons (Fsp3) is 0.306. The van der Waals surface area contributed by atoms with E-state index in [0.717, 1.165) is 42.3 Å². The standard InChI is InChI=1S/C36H36BrN5O4/c1-46-33-11-5-4-9-32(33)39-15-17-40(18-16-39)36(45)25-13-14-31(29(20-25)38-35(44)27-7-2-3-8-28(27)37)41-21-24-19-26(23-41)30-10-6-12-34(43)42(30)22-24/h2-14,20,24,26H,15-19,21-23H2,1H3,(H,38,44). The Morgan fingerprint density at radius 2 is 1.61 bits per heavy atom. The first kappa shape index (κ1) is 30.1. The van der Waals surface area contributed by atoms with Crippen LogP contribution in [0.15, 0.2) is 94.2 Å². The molecule has 3 aliphatic heterocycles. The summed E-state index contributed by atoms with van der Waals surface area (Å²) in [5, 5.41) is 3.14. The van der Waals surface area contributed by atoms with E-state index in [2.05, 4.69) is 37.1 Å². The lowest BCUT2D eigenvalue weighted by molar-refractivity contribution is 0.0746. The number of piperidine rings is 1. The van der Waals surface area contributed by atoms with Gasteiger partial charge in [-0.2, -0.15) is 0 Å². The molecule has 1 aromatic heterocycles. The molecule has 2 atom stereocenters. The van der Waals surface area contributed by atoms with Crippen molar-refractivity contribution in [2.45, 2.75) is 18.9 Å². The summed E-state index contributed by atoms with van der Waals surface area (Å²) in [6, 6.07) is 26.4. The molecular formula is C36H36BrN5O4. The van der Waals surface area contributed by atoms with Crippen molar-refractivity contribution in [3.63, 3.8) is 0 Å². The fourth-order valence-corrected chi connectivity index (χ4v) is 7.66. The average molecular weight is 683 g/mol. The Kier molecular flexibility index (Phi) is 8.29. The molecule has 3 aliphatic rings. The molecule has 2 amide bonds. The minimum absolute atomic E-state index is 0.0497. The van der Waals surface area contributed by atoms with Gasteiger partial charge < -0.3 is 29.3 Å². The van der Waals surface area contributed by atoms with Gasteiger partial charge in [-0.3, -0.25) is 14.4 Å². The summed E-state index contributed by atoms with van der Waals surface area (Å²) in [5.41, 5.74) is 4.66. The number of carbonyl (C=O) groups is 2. The average Bonchev–Trinajstić information content (AvgIpc) is 3.08. The summed E-state index contributed by atoms with van der Waals surface area (Å²) in [4.78, 5) is 46.4. The van der Waals surface area contributed by atoms with Crippen LogP contribution in [0.2, 0.25) is 0 Å². The van der Waals surface area contributed by atoms with Crippen molar-refractivity contribution in [3.05, 3.63) is 117 Å². The predicted octanol–water partition coefficient (Wildman–Crippen LogP) is 5.46. The number of nitrogens with one attached hydrogen (secondary N) is 1. The van der Waals surface area contributed by atoms with Crippen LogP contribution in [-0.2, 0) is 6.54 Å². The van der Waals surface area contributed by atoms with Crippen LogP contribution >= 0.6 is 15.9 Å². The van der Waals surface area contributed by atoms with Crippen molar-refractivity contribution >= 4 is 44.8 Å². The Hall–Kier alpha value is -4.57. The molecule has 2 saturated heterocycles. The number of fused-ring (bicyclic) bond motifs is 4. The highest BCUT2D eigenvalue weighted by atomic mass is 79.9. The molecule has 3 aromatic carbocycles. The first-order valence-corrected chi connectivity index (χ1v) is 16.5. The lowest BCUT2D eigenvalue weighted by Crippen LogP contribution is -2.49. The Balaban J connectivity index is 1.16. The van der Waals surface area contributed by atoms with Crippen molar-refractivity contribution < 1.29 is 14.3 Å². The monoisotopic (exact) mass is 681 g/mol. The van der Waals surface area contributed by atoms with Crippen LogP contribution in [-0.4, -0.2) is 67.7 Å². The third-order valence-electron chi connectivity index (χ3n) is 9.42. The lowest BCUT2D eigenvalue weighted by atomic mass is 9.83. The number of rotatable bonds is 6. The third-order valence-corrected chi connectivity index (χ3v) is 10.1. The summed E-state index contributed by atoms with van der Waals surface area (Å²) in [6.07, 6.45) is 1.02. The number of hydrogen-bond acceptors (Lipinski definition) is 6. The molecule has 4 aromatic rings. The molecule has 2 fully saturated rings. The van der Waals surface area contributed by atoms with Crippen LogP contribution in [0, 0.1) is 5.92 Å². The second kappa shape index (κ2) is 12.7. The van der Waals surface area contributed by atoms with E-state index < -0.39 is 0 Å². The fourth-order valence-electron chi connectivity index (χ4n) is 7.20. The van der Waals surface area contributed by atoms with Crippen molar-refractivity contribution in [1.82, 2.24) is 9.47 Å². The van der Waals surface area contributed by atoms with Crippen LogP contribution in [0.1, 0.15) is 38.7 Å². The van der Waals surface area contributed by atoms with Gasteiger partial charge in [0.2, 0.25) is 0 Å². The number of pyridine rings is 1. The number of benzene rings is 3. The van der Waals surface area contributed by atoms with E-state index in [0.29, 0.717) is 59.9 Å². The molecule has 46 heavy (non-hydrogen) atoms. The first-order valence-electron chi connectivity index (χ1n) is 15.7. The number of carbonyl (C=O) groups excluding carboxylic acids is 2. The van der Waals surface area contributed by atoms with E-state index >= 15 is 0 Å². The van der Waals surface area contributed by atoms with Gasteiger partial charge in [0.25, 0.3) is 17.4 Å². The van der Waals surface area contributed by atoms with Crippen LogP contribution < -0.4 is 25.4 Å². The topological polar surface area (TPSA) is 87.1 Å². The Morgan fingerprint density at radius 1 is 0.826 bits per heavy atom. The van der Waals surface area contributed by atoms with E-state index in [-0.39, 0.29) is 23.3 Å². The van der Waals surface area contributed by atoms with Gasteiger partial charge in [0.1, 0.15) is 5.75 Å². The van der Waals surface area contributed by atoms with Gasteiger partial charge in [0.05, 0.1) is 29.7 Å². The molecule has 2 bridgehead atoms. The van der Waals surface area contributed by atoms with Gasteiger partial charge in [0.15, 0.2) is 0 Å². The molecule has 7 rings (SSSR count). The number of aromatic nitrogens is 1. The molecule has 2 unspecified atom stereocenters. The Bertz CT molecular complexity index is 1850. The zero-order valence-electron chi connectivity index (χ0n) is 25.7. The van der Waals surface area contributed by atoms with E-state index in [9.17, 15) is 14.4 Å². The largest absolute Gasteiger partial charge is 0.495 e. The predicted molar refractivity (Wildman–Crippen MR) is 183 cm³/mol. The number of ether oxygens (including phenoxy) is 1. The molecule has 4 heterocycles. The number of nitrogens with zero attached hydrogens (tertiary/aromatic N) is 4. The van der Waals surface area contributed by atoms with Crippen molar-refractivity contribution in [1.29, 1.82) is 0 Å². The Morgan fingerprint density at radius 3 is 2.41 bits per heavy atom. The second-order valence-corrected chi connectivity index (χ2v) is 13.1. The smallest absolute Gasteiger partial charge is 0.256 e. The molecule has 0 spiro atoms. The lowest BCUT2D eigenvalue weighted by Gasteiger charge is -2.44. The Labute approximate surface area is 276 Å². The minimum Gasteiger partial charge on any atom is -0.495 e. The number of methoxy groups -OCH3 is 1. The van der Waals surface area contributed by atoms with Gasteiger partial charge in [-0.25, -0.2) is 0 Å². The van der Waals surface area contributed by atoms with Crippen molar-refractivity contribution in [2.75, 3.05) is 61.5 Å². The van der Waals surface area contributed by atoms with Gasteiger partial charge >= 0.3 is 0 Å². The van der Waals surface area contributed by atoms with Gasteiger partial charge in [-0.05, 0) is 76.8 Å². The van der Waals surface area contributed by atoms with Crippen LogP contribution in [0.25, 0.3) is 0 Å². The molecule has 236 valence electrons. The molecular weight excluding hydrogens is 646 g/mol. The number of para-hydroxylation sites is 2. The number of amides is 2. The van der Waals surface area contributed by atoms with E-state index in [1.807, 2.05) is 76.2 Å². The molecule has 10 heteroatoms. The number of hydrogen-bond donors (Lipinski definition) is 1. The maximum Gasteiger partial charge on any atom is 0.256 e. The van der Waals surface area contributed by atoms with E-state index in [1.54, 1.807) is 19.2 Å². The SMILES string of the molecule is COc1ccccc1N1CCN(C(=O)c2ccc(N3CC4CC(C3)c3cccc(=O)n3C4)c(NC(=O)c3ccccc3Br)c2)CC1. The summed E-state index contributed by atoms with van der Waals surface area (Å²) in [5.74, 6) is 1.01. The van der Waals surface area contributed by atoms with Crippen molar-refractivity contribution in [3.8, 4) is 5.75 Å². The highest BCUT2D eigenvalue weighted by molar-refractivity contribution is 9.10. The molecule has 1 N–H and O–H groups in total. The molecule has 0 saturated carbocycles. The molecule has 0 aliphatic carbocycles. The normalized spacial score (nSPS) is 19.0. The highest BCUT2D eigenvalue weighted by Crippen LogP contribution is 2.40. The molecule has 0 radical (unpaired) electrons. The number of piperazine rings is 1. The maximum absolute atomic E-state index is 13.9. The summed E-state index contributed by atoms with van der Waals surface area (Å²) >= 11 is 3.51. The van der Waals surface area contributed by atoms with Gasteiger partial charge in [-0.1, -0.05) is 30.3 Å². The highest BCUT2D eigenvalue weighted by Gasteiger charge is 2.35. The quantitative estimate of drug-likeness (QED) is 0.291. The first-order chi connectivity index (χ1) is 22.4. The summed E-state index contributed by atoms with van der Waals surface area (Å²) < 4.78 is 8.17. The van der Waals surface area contributed by atoms with Crippen LogP contribution in [0.5, 0.6) is 5.75 Å². The summed E-state index contributed by atoms with van der Waals surface area (Å²) in [6.45, 7) is 4.69. The zero-order valence-corrected chi connectivity index (χ0v) is 27.3. The number of anilines is 3.